The third kappa shape index (κ3) is 4.24. The summed E-state index contributed by atoms with van der Waals surface area (Å²) in [5.41, 5.74) is 8.51. The highest BCUT2D eigenvalue weighted by molar-refractivity contribution is 5.97. The largest absolute Gasteiger partial charge is 0.287 e. The summed E-state index contributed by atoms with van der Waals surface area (Å²) in [4.78, 5) is 24.0. The Labute approximate surface area is 150 Å². The molecule has 0 aliphatic heterocycles. The number of aromatic nitrogens is 2. The molecule has 3 rings (SSSR count). The Morgan fingerprint density at radius 3 is 2.50 bits per heavy atom. The van der Waals surface area contributed by atoms with Gasteiger partial charge in [0, 0.05) is 11.6 Å². The number of amides is 2. The maximum absolute atomic E-state index is 12.1. The molecule has 0 aliphatic carbocycles. The number of hydrogen-bond donors (Lipinski definition) is 3. The van der Waals surface area contributed by atoms with E-state index in [0.29, 0.717) is 5.69 Å². The van der Waals surface area contributed by atoms with Crippen LogP contribution in [0.2, 0.25) is 0 Å². The van der Waals surface area contributed by atoms with E-state index >= 15 is 0 Å². The fraction of sp³-hybridized carbons (Fsp3) is 0.0500. The molecule has 6 nitrogen and oxygen atoms in total. The van der Waals surface area contributed by atoms with Crippen LogP contribution in [0.15, 0.2) is 66.7 Å². The van der Waals surface area contributed by atoms with Crippen molar-refractivity contribution in [2.24, 2.45) is 0 Å². The SMILES string of the molecule is Cc1ccccc1/C=C/C(=O)NNC(=O)c1cc(-c2ccccc2)n[nH]1. The topological polar surface area (TPSA) is 86.9 Å². The Morgan fingerprint density at radius 2 is 1.73 bits per heavy atom. The third-order valence-electron chi connectivity index (χ3n) is 3.79. The second-order valence-corrected chi connectivity index (χ2v) is 5.67. The predicted molar refractivity (Wildman–Crippen MR) is 99.8 cm³/mol. The monoisotopic (exact) mass is 346 g/mol. The van der Waals surface area contributed by atoms with Gasteiger partial charge in [-0.15, -0.1) is 0 Å². The first kappa shape index (κ1) is 17.2. The van der Waals surface area contributed by atoms with Gasteiger partial charge in [-0.3, -0.25) is 25.5 Å². The van der Waals surface area contributed by atoms with Crippen LogP contribution >= 0.6 is 0 Å². The number of rotatable bonds is 4. The highest BCUT2D eigenvalue weighted by atomic mass is 16.2. The second-order valence-electron chi connectivity index (χ2n) is 5.67. The first-order valence-corrected chi connectivity index (χ1v) is 8.08. The van der Waals surface area contributed by atoms with E-state index in [0.717, 1.165) is 16.7 Å². The van der Waals surface area contributed by atoms with Crippen LogP contribution in [0.4, 0.5) is 0 Å². The van der Waals surface area contributed by atoms with Gasteiger partial charge in [-0.25, -0.2) is 0 Å². The first-order chi connectivity index (χ1) is 12.6. The van der Waals surface area contributed by atoms with E-state index in [1.54, 1.807) is 12.1 Å². The third-order valence-corrected chi connectivity index (χ3v) is 3.79. The molecule has 0 saturated carbocycles. The molecule has 130 valence electrons. The van der Waals surface area contributed by atoms with Crippen molar-refractivity contribution >= 4 is 17.9 Å². The molecule has 1 aromatic heterocycles. The van der Waals surface area contributed by atoms with Crippen LogP contribution < -0.4 is 10.9 Å². The molecular formula is C20H18N4O2. The molecule has 26 heavy (non-hydrogen) atoms. The molecule has 0 aliphatic rings. The number of aromatic amines is 1. The van der Waals surface area contributed by atoms with E-state index in [9.17, 15) is 9.59 Å². The molecule has 0 atom stereocenters. The van der Waals surface area contributed by atoms with Gasteiger partial charge in [0.2, 0.25) is 0 Å². The number of hydrogen-bond acceptors (Lipinski definition) is 3. The minimum atomic E-state index is -0.475. The number of H-pyrrole nitrogens is 1. The molecule has 0 fully saturated rings. The summed E-state index contributed by atoms with van der Waals surface area (Å²) in [6.07, 6.45) is 3.06. The van der Waals surface area contributed by atoms with Gasteiger partial charge in [-0.2, -0.15) is 5.10 Å². The molecule has 0 unspecified atom stereocenters. The summed E-state index contributed by atoms with van der Waals surface area (Å²) in [5.74, 6) is -0.901. The molecule has 0 saturated heterocycles. The van der Waals surface area contributed by atoms with Crippen molar-refractivity contribution in [2.75, 3.05) is 0 Å². The predicted octanol–water partition coefficient (Wildman–Crippen LogP) is 2.86. The highest BCUT2D eigenvalue weighted by Crippen LogP contribution is 2.16. The van der Waals surface area contributed by atoms with Crippen molar-refractivity contribution in [2.45, 2.75) is 6.92 Å². The van der Waals surface area contributed by atoms with Crippen molar-refractivity contribution in [1.82, 2.24) is 21.0 Å². The molecule has 3 aromatic rings. The lowest BCUT2D eigenvalue weighted by atomic mass is 10.1. The van der Waals surface area contributed by atoms with Gasteiger partial charge in [-0.1, -0.05) is 54.6 Å². The molecule has 0 radical (unpaired) electrons. The molecule has 0 bridgehead atoms. The molecular weight excluding hydrogens is 328 g/mol. The van der Waals surface area contributed by atoms with Crippen molar-refractivity contribution < 1.29 is 9.59 Å². The number of hydrazine groups is 1. The Balaban J connectivity index is 1.56. The van der Waals surface area contributed by atoms with Crippen molar-refractivity contribution in [3.8, 4) is 11.3 Å². The van der Waals surface area contributed by atoms with E-state index < -0.39 is 11.8 Å². The maximum atomic E-state index is 12.1. The van der Waals surface area contributed by atoms with Crippen LogP contribution in [-0.4, -0.2) is 22.0 Å². The van der Waals surface area contributed by atoms with Gasteiger partial charge in [0.15, 0.2) is 0 Å². The van der Waals surface area contributed by atoms with Crippen LogP contribution in [0.3, 0.4) is 0 Å². The normalized spacial score (nSPS) is 10.7. The van der Waals surface area contributed by atoms with Gasteiger partial charge in [0.05, 0.1) is 5.69 Å². The van der Waals surface area contributed by atoms with Crippen LogP contribution in [0.1, 0.15) is 21.6 Å². The van der Waals surface area contributed by atoms with E-state index in [-0.39, 0.29) is 5.69 Å². The number of carbonyl (C=O) groups excluding carboxylic acids is 2. The lowest BCUT2D eigenvalue weighted by molar-refractivity contribution is -0.117. The molecule has 2 aromatic carbocycles. The zero-order valence-electron chi connectivity index (χ0n) is 14.2. The summed E-state index contributed by atoms with van der Waals surface area (Å²) < 4.78 is 0. The quantitative estimate of drug-likeness (QED) is 0.501. The average molecular weight is 346 g/mol. The summed E-state index contributed by atoms with van der Waals surface area (Å²) in [6, 6.07) is 18.8. The molecule has 1 heterocycles. The highest BCUT2D eigenvalue weighted by Gasteiger charge is 2.11. The van der Waals surface area contributed by atoms with E-state index in [1.807, 2.05) is 61.5 Å². The first-order valence-electron chi connectivity index (χ1n) is 8.08. The van der Waals surface area contributed by atoms with Crippen LogP contribution in [-0.2, 0) is 4.79 Å². The molecule has 3 N–H and O–H groups in total. The number of benzene rings is 2. The van der Waals surface area contributed by atoms with Crippen molar-refractivity contribution in [3.05, 3.63) is 83.6 Å². The lowest BCUT2D eigenvalue weighted by Gasteiger charge is -2.03. The molecule has 2 amide bonds. The summed E-state index contributed by atoms with van der Waals surface area (Å²) in [7, 11) is 0. The second kappa shape index (κ2) is 7.94. The fourth-order valence-electron chi connectivity index (χ4n) is 2.36. The number of carbonyl (C=O) groups is 2. The minimum absolute atomic E-state index is 0.257. The summed E-state index contributed by atoms with van der Waals surface area (Å²) in [5, 5.41) is 6.77. The zero-order valence-corrected chi connectivity index (χ0v) is 14.2. The number of nitrogens with zero attached hydrogens (tertiary/aromatic N) is 1. The Kier molecular flexibility index (Phi) is 5.24. The summed E-state index contributed by atoms with van der Waals surface area (Å²) in [6.45, 7) is 1.96. The van der Waals surface area contributed by atoms with E-state index in [2.05, 4.69) is 21.0 Å². The lowest BCUT2D eigenvalue weighted by Crippen LogP contribution is -2.40. The number of aryl methyl sites for hydroxylation is 1. The minimum Gasteiger partial charge on any atom is -0.272 e. The molecule has 0 spiro atoms. The van der Waals surface area contributed by atoms with Gasteiger partial charge in [0.1, 0.15) is 5.69 Å². The van der Waals surface area contributed by atoms with E-state index in [4.69, 9.17) is 0 Å². The average Bonchev–Trinajstić information content (AvgIpc) is 3.16. The van der Waals surface area contributed by atoms with Crippen molar-refractivity contribution in [1.29, 1.82) is 0 Å². The van der Waals surface area contributed by atoms with Gasteiger partial charge in [0.25, 0.3) is 11.8 Å². The Hall–Kier alpha value is -3.67. The van der Waals surface area contributed by atoms with Gasteiger partial charge < -0.3 is 0 Å². The smallest absolute Gasteiger partial charge is 0.272 e. The van der Waals surface area contributed by atoms with Gasteiger partial charge >= 0.3 is 0 Å². The van der Waals surface area contributed by atoms with E-state index in [1.165, 1.54) is 6.08 Å². The molecule has 6 heteroatoms. The van der Waals surface area contributed by atoms with Crippen LogP contribution in [0.25, 0.3) is 17.3 Å². The number of nitrogens with one attached hydrogen (secondary N) is 3. The zero-order chi connectivity index (χ0) is 18.4. The fourth-order valence-corrected chi connectivity index (χ4v) is 2.36. The Morgan fingerprint density at radius 1 is 1.00 bits per heavy atom. The van der Waals surface area contributed by atoms with Crippen LogP contribution in [0.5, 0.6) is 0 Å². The van der Waals surface area contributed by atoms with Gasteiger partial charge in [-0.05, 0) is 30.2 Å². The van der Waals surface area contributed by atoms with Crippen molar-refractivity contribution in [3.63, 3.8) is 0 Å². The summed E-state index contributed by atoms with van der Waals surface area (Å²) >= 11 is 0. The maximum Gasteiger partial charge on any atom is 0.287 e. The standard InChI is InChI=1S/C20H18N4O2/c1-14-7-5-6-8-15(14)11-12-19(25)23-24-20(26)18-13-17(21-22-18)16-9-3-2-4-10-16/h2-13H,1H3,(H,21,22)(H,23,25)(H,24,26)/b12-11+. The Bertz CT molecular complexity index is 945. The van der Waals surface area contributed by atoms with Crippen LogP contribution in [0, 0.1) is 6.92 Å².